The molecular weight excluding hydrogens is 380 g/mol. The third-order valence-electron chi connectivity index (χ3n) is 5.00. The van der Waals surface area contributed by atoms with Gasteiger partial charge in [-0.3, -0.25) is 14.4 Å². The zero-order valence-electron chi connectivity index (χ0n) is 17.3. The van der Waals surface area contributed by atoms with Gasteiger partial charge in [-0.25, -0.2) is 0 Å². The molecule has 2 aromatic carbocycles. The van der Waals surface area contributed by atoms with Crippen molar-refractivity contribution in [2.75, 3.05) is 13.1 Å². The first-order valence-corrected chi connectivity index (χ1v) is 10.0. The van der Waals surface area contributed by atoms with Crippen molar-refractivity contribution in [3.05, 3.63) is 71.3 Å². The molecule has 6 heteroatoms. The number of carbonyl (C=O) groups is 3. The predicted octanol–water partition coefficient (Wildman–Crippen LogP) is 3.35. The maximum Gasteiger partial charge on any atom is 0.308 e. The van der Waals surface area contributed by atoms with Crippen LogP contribution in [-0.4, -0.2) is 41.8 Å². The highest BCUT2D eigenvalue weighted by molar-refractivity contribution is 5.95. The van der Waals surface area contributed by atoms with Crippen molar-refractivity contribution in [1.82, 2.24) is 10.2 Å². The van der Waals surface area contributed by atoms with Crippen LogP contribution in [0, 0.1) is 6.92 Å². The van der Waals surface area contributed by atoms with Crippen molar-refractivity contribution in [3.63, 3.8) is 0 Å². The van der Waals surface area contributed by atoms with Gasteiger partial charge in [0.1, 0.15) is 5.75 Å². The van der Waals surface area contributed by atoms with Gasteiger partial charge < -0.3 is 15.0 Å². The Morgan fingerprint density at radius 3 is 2.43 bits per heavy atom. The molecule has 0 unspecified atom stereocenters. The van der Waals surface area contributed by atoms with Crippen LogP contribution in [0.2, 0.25) is 0 Å². The van der Waals surface area contributed by atoms with E-state index in [9.17, 15) is 14.4 Å². The Labute approximate surface area is 176 Å². The van der Waals surface area contributed by atoms with E-state index in [1.807, 2.05) is 37.3 Å². The van der Waals surface area contributed by atoms with E-state index >= 15 is 0 Å². The fourth-order valence-electron chi connectivity index (χ4n) is 3.33. The van der Waals surface area contributed by atoms with Crippen molar-refractivity contribution in [2.45, 2.75) is 32.7 Å². The zero-order chi connectivity index (χ0) is 21.5. The molecule has 1 fully saturated rings. The molecule has 1 aliphatic heterocycles. The molecule has 2 amide bonds. The summed E-state index contributed by atoms with van der Waals surface area (Å²) >= 11 is 0. The summed E-state index contributed by atoms with van der Waals surface area (Å²) < 4.78 is 5.03. The maximum atomic E-state index is 12.5. The van der Waals surface area contributed by atoms with Gasteiger partial charge in [0, 0.05) is 37.7 Å². The Morgan fingerprint density at radius 2 is 1.77 bits per heavy atom. The Bertz CT molecular complexity index is 942. The standard InChI is InChI=1S/C24H26N2O4/c1-17-6-8-19(9-7-17)10-11-23(28)26-14-12-21(13-15-26)25-24(29)20-4-3-5-22(16-20)30-18(2)27/h3-11,16,21H,12-15H2,1-2H3,(H,25,29)/b11-10+. The molecule has 1 N–H and O–H groups in total. The Kier molecular flexibility index (Phi) is 7.01. The number of hydrogen-bond acceptors (Lipinski definition) is 4. The van der Waals surface area contributed by atoms with Crippen molar-refractivity contribution < 1.29 is 19.1 Å². The lowest BCUT2D eigenvalue weighted by Crippen LogP contribution is -2.46. The molecule has 6 nitrogen and oxygen atoms in total. The van der Waals surface area contributed by atoms with Crippen LogP contribution in [0.4, 0.5) is 0 Å². The first-order chi connectivity index (χ1) is 14.4. The van der Waals surface area contributed by atoms with E-state index in [-0.39, 0.29) is 17.9 Å². The van der Waals surface area contributed by atoms with E-state index in [0.717, 1.165) is 5.56 Å². The second-order valence-electron chi connectivity index (χ2n) is 7.44. The van der Waals surface area contributed by atoms with Gasteiger partial charge in [-0.2, -0.15) is 0 Å². The second kappa shape index (κ2) is 9.87. The lowest BCUT2D eigenvalue weighted by atomic mass is 10.0. The van der Waals surface area contributed by atoms with Gasteiger partial charge in [-0.05, 0) is 49.6 Å². The molecule has 30 heavy (non-hydrogen) atoms. The average molecular weight is 406 g/mol. The molecular formula is C24H26N2O4. The van der Waals surface area contributed by atoms with Crippen LogP contribution >= 0.6 is 0 Å². The molecule has 156 valence electrons. The monoisotopic (exact) mass is 406 g/mol. The minimum atomic E-state index is -0.430. The molecule has 0 aliphatic carbocycles. The summed E-state index contributed by atoms with van der Waals surface area (Å²) in [5, 5.41) is 3.00. The number of ether oxygens (including phenoxy) is 1. The van der Waals surface area contributed by atoms with Crippen molar-refractivity contribution in [1.29, 1.82) is 0 Å². The molecule has 2 aromatic rings. The molecule has 0 radical (unpaired) electrons. The number of piperidine rings is 1. The summed E-state index contributed by atoms with van der Waals surface area (Å²) in [6, 6.07) is 14.5. The van der Waals surface area contributed by atoms with Crippen LogP contribution in [0.3, 0.4) is 0 Å². The van der Waals surface area contributed by atoms with Crippen LogP contribution in [0.15, 0.2) is 54.6 Å². The van der Waals surface area contributed by atoms with E-state index in [1.165, 1.54) is 12.5 Å². The fourth-order valence-corrected chi connectivity index (χ4v) is 3.33. The number of rotatable bonds is 5. The number of benzene rings is 2. The number of carbonyl (C=O) groups excluding carboxylic acids is 3. The molecule has 0 aromatic heterocycles. The van der Waals surface area contributed by atoms with Crippen LogP contribution in [0.25, 0.3) is 6.08 Å². The SMILES string of the molecule is CC(=O)Oc1cccc(C(=O)NC2CCN(C(=O)/C=C/c3ccc(C)cc3)CC2)c1. The summed E-state index contributed by atoms with van der Waals surface area (Å²) in [6.07, 6.45) is 4.81. The summed E-state index contributed by atoms with van der Waals surface area (Å²) in [5.74, 6) is -0.320. The Balaban J connectivity index is 1.49. The minimum absolute atomic E-state index is 0.00000899. The first kappa shape index (κ1) is 21.3. The van der Waals surface area contributed by atoms with Crippen LogP contribution in [0.1, 0.15) is 41.3 Å². The largest absolute Gasteiger partial charge is 0.427 e. The van der Waals surface area contributed by atoms with Crippen LogP contribution in [0.5, 0.6) is 5.75 Å². The zero-order valence-corrected chi connectivity index (χ0v) is 17.3. The lowest BCUT2D eigenvalue weighted by Gasteiger charge is -2.31. The van der Waals surface area contributed by atoms with E-state index in [4.69, 9.17) is 4.74 Å². The van der Waals surface area contributed by atoms with E-state index in [0.29, 0.717) is 37.2 Å². The molecule has 3 rings (SSSR count). The number of aryl methyl sites for hydroxylation is 1. The van der Waals surface area contributed by atoms with Gasteiger partial charge in [0.2, 0.25) is 5.91 Å². The molecule has 0 atom stereocenters. The normalized spacial score (nSPS) is 14.5. The number of hydrogen-bond donors (Lipinski definition) is 1. The van der Waals surface area contributed by atoms with Crippen molar-refractivity contribution in [2.24, 2.45) is 0 Å². The van der Waals surface area contributed by atoms with Crippen molar-refractivity contribution in [3.8, 4) is 5.75 Å². The highest BCUT2D eigenvalue weighted by Gasteiger charge is 2.23. The molecule has 0 bridgehead atoms. The highest BCUT2D eigenvalue weighted by Crippen LogP contribution is 2.16. The Hall–Kier alpha value is -3.41. The Morgan fingerprint density at radius 1 is 1.07 bits per heavy atom. The van der Waals surface area contributed by atoms with E-state index in [2.05, 4.69) is 5.32 Å². The van der Waals surface area contributed by atoms with Gasteiger partial charge in [0.25, 0.3) is 5.91 Å². The van der Waals surface area contributed by atoms with E-state index in [1.54, 1.807) is 35.2 Å². The quantitative estimate of drug-likeness (QED) is 0.469. The lowest BCUT2D eigenvalue weighted by molar-refractivity contribution is -0.132. The molecule has 0 saturated carbocycles. The summed E-state index contributed by atoms with van der Waals surface area (Å²) in [6.45, 7) is 4.53. The van der Waals surface area contributed by atoms with E-state index < -0.39 is 5.97 Å². The number of amides is 2. The maximum absolute atomic E-state index is 12.5. The number of likely N-dealkylation sites (tertiary alicyclic amines) is 1. The van der Waals surface area contributed by atoms with Crippen LogP contribution in [-0.2, 0) is 9.59 Å². The predicted molar refractivity (Wildman–Crippen MR) is 115 cm³/mol. The third-order valence-corrected chi connectivity index (χ3v) is 5.00. The summed E-state index contributed by atoms with van der Waals surface area (Å²) in [5.41, 5.74) is 2.61. The number of nitrogens with zero attached hydrogens (tertiary/aromatic N) is 1. The topological polar surface area (TPSA) is 75.7 Å². The fraction of sp³-hybridized carbons (Fsp3) is 0.292. The van der Waals surface area contributed by atoms with Gasteiger partial charge in [-0.1, -0.05) is 35.9 Å². The molecule has 1 heterocycles. The number of esters is 1. The first-order valence-electron chi connectivity index (χ1n) is 10.0. The minimum Gasteiger partial charge on any atom is -0.427 e. The van der Waals surface area contributed by atoms with Crippen molar-refractivity contribution >= 4 is 23.9 Å². The van der Waals surface area contributed by atoms with Gasteiger partial charge >= 0.3 is 5.97 Å². The van der Waals surface area contributed by atoms with Gasteiger partial charge in [0.15, 0.2) is 0 Å². The summed E-state index contributed by atoms with van der Waals surface area (Å²) in [7, 11) is 0. The third kappa shape index (κ3) is 6.04. The molecule has 1 saturated heterocycles. The highest BCUT2D eigenvalue weighted by atomic mass is 16.5. The second-order valence-corrected chi connectivity index (χ2v) is 7.44. The summed E-state index contributed by atoms with van der Waals surface area (Å²) in [4.78, 5) is 37.8. The van der Waals surface area contributed by atoms with Gasteiger partial charge in [0.05, 0.1) is 0 Å². The smallest absolute Gasteiger partial charge is 0.308 e. The molecule has 1 aliphatic rings. The van der Waals surface area contributed by atoms with Crippen LogP contribution < -0.4 is 10.1 Å². The number of nitrogens with one attached hydrogen (secondary N) is 1. The van der Waals surface area contributed by atoms with Gasteiger partial charge in [-0.15, -0.1) is 0 Å². The molecule has 0 spiro atoms. The average Bonchev–Trinajstić information content (AvgIpc) is 2.73.